The topological polar surface area (TPSA) is 216 Å². The average Bonchev–Trinajstić information content (AvgIpc) is 2.71. The maximum Gasteiger partial charge on any atom is 0.356 e. The second-order valence-corrected chi connectivity index (χ2v) is 6.28. The number of carbonyl (C=O) groups is 3. The number of carboxylic acid groups (broad SMARTS) is 3. The molecule has 10 N–H and O–H groups in total. The lowest BCUT2D eigenvalue weighted by Crippen LogP contribution is -2.42. The van der Waals surface area contributed by atoms with Crippen LogP contribution in [0.25, 0.3) is 0 Å². The van der Waals surface area contributed by atoms with Crippen LogP contribution in [0, 0.1) is 0 Å². The van der Waals surface area contributed by atoms with Gasteiger partial charge in [0.1, 0.15) is 11.8 Å². The van der Waals surface area contributed by atoms with E-state index < -0.39 is 29.7 Å². The molecule has 0 bridgehead atoms. The van der Waals surface area contributed by atoms with E-state index >= 15 is 0 Å². The van der Waals surface area contributed by atoms with Crippen LogP contribution in [0.3, 0.4) is 0 Å². The number of anilines is 1. The Labute approximate surface area is 178 Å². The van der Waals surface area contributed by atoms with Crippen molar-refractivity contribution < 1.29 is 39.9 Å². The van der Waals surface area contributed by atoms with Crippen molar-refractivity contribution in [2.75, 3.05) is 11.9 Å². The molecule has 31 heavy (non-hydrogen) atoms. The van der Waals surface area contributed by atoms with Crippen LogP contribution in [0.15, 0.2) is 54.6 Å². The molecule has 0 saturated carbocycles. The lowest BCUT2D eigenvalue weighted by molar-refractivity contribution is -0.153. The molecule has 2 unspecified atom stereocenters. The van der Waals surface area contributed by atoms with Crippen LogP contribution in [-0.4, -0.2) is 61.8 Å². The van der Waals surface area contributed by atoms with Gasteiger partial charge in [-0.25, -0.2) is 4.79 Å². The Bertz CT molecular complexity index is 826. The highest BCUT2D eigenvalue weighted by molar-refractivity contribution is 5.79. The van der Waals surface area contributed by atoms with Crippen molar-refractivity contribution in [3.63, 3.8) is 0 Å². The third-order valence-electron chi connectivity index (χ3n) is 3.46. The fourth-order valence-corrected chi connectivity index (χ4v) is 1.83. The minimum atomic E-state index is -1.93. The number of aliphatic hydroxyl groups is 1. The smallest absolute Gasteiger partial charge is 0.356 e. The van der Waals surface area contributed by atoms with Gasteiger partial charge in [0.15, 0.2) is 0 Å². The Hall–Kier alpha value is -3.67. The lowest BCUT2D eigenvalue weighted by Gasteiger charge is -2.20. The number of hydrogen-bond acceptors (Lipinski definition) is 8. The van der Waals surface area contributed by atoms with E-state index in [4.69, 9.17) is 26.2 Å². The molecular weight excluding hydrogens is 410 g/mol. The van der Waals surface area contributed by atoms with Gasteiger partial charge in [-0.05, 0) is 43.2 Å². The molecule has 11 nitrogen and oxygen atoms in total. The number of benzene rings is 2. The van der Waals surface area contributed by atoms with Gasteiger partial charge in [-0.2, -0.15) is 0 Å². The second-order valence-electron chi connectivity index (χ2n) is 6.28. The molecule has 0 radical (unpaired) electrons. The molecule has 2 aromatic carbocycles. The van der Waals surface area contributed by atoms with Gasteiger partial charge in [0, 0.05) is 5.69 Å². The number of phenols is 1. The monoisotopic (exact) mass is 437 g/mol. The van der Waals surface area contributed by atoms with Gasteiger partial charge in [0.2, 0.25) is 5.72 Å². The van der Waals surface area contributed by atoms with E-state index in [9.17, 15) is 19.5 Å². The maximum absolute atomic E-state index is 10.5. The molecule has 170 valence electrons. The molecule has 0 amide bonds. The molecule has 0 spiro atoms. The molecule has 0 aromatic heterocycles. The van der Waals surface area contributed by atoms with Crippen molar-refractivity contribution in [1.82, 2.24) is 0 Å². The van der Waals surface area contributed by atoms with E-state index in [1.54, 1.807) is 42.5 Å². The molecule has 0 aliphatic carbocycles. The Balaban J connectivity index is 0.000000479. The summed E-state index contributed by atoms with van der Waals surface area (Å²) < 4.78 is 0. The normalized spacial score (nSPS) is 12.5. The summed E-state index contributed by atoms with van der Waals surface area (Å²) in [5, 5.41) is 45.5. The maximum atomic E-state index is 10.5. The first-order chi connectivity index (χ1) is 14.4. The number of rotatable bonds is 7. The number of carboxylic acids is 3. The molecule has 11 heteroatoms. The van der Waals surface area contributed by atoms with Crippen LogP contribution in [-0.2, 0) is 20.8 Å². The van der Waals surface area contributed by atoms with E-state index in [0.29, 0.717) is 5.69 Å². The standard InChI is InChI=1S/2C9H11NO3.C2H5NO2/c1-9(13,8(11)12)10-7-5-3-2-4-6-7;10-8(9(12)13)5-6-1-3-7(11)4-2-6;3-1-2(4)5/h2-6,10,13H,1H3,(H,11,12);1-4,8,11H,5,10H2,(H,12,13);1,3H2,(H,4,5). The summed E-state index contributed by atoms with van der Waals surface area (Å²) >= 11 is 0. The summed E-state index contributed by atoms with van der Waals surface area (Å²) in [6, 6.07) is 14.1. The summed E-state index contributed by atoms with van der Waals surface area (Å²) in [6.45, 7) is 0.905. The van der Waals surface area contributed by atoms with Crippen molar-refractivity contribution in [3.05, 3.63) is 60.2 Å². The predicted molar refractivity (Wildman–Crippen MR) is 112 cm³/mol. The lowest BCUT2D eigenvalue weighted by atomic mass is 10.1. The number of aliphatic carboxylic acids is 3. The Morgan fingerprint density at radius 3 is 1.87 bits per heavy atom. The Morgan fingerprint density at radius 2 is 1.48 bits per heavy atom. The number of nitrogens with two attached hydrogens (primary N) is 2. The molecule has 0 fully saturated rings. The second kappa shape index (κ2) is 13.5. The summed E-state index contributed by atoms with van der Waals surface area (Å²) in [5.74, 6) is -3.14. The molecule has 0 saturated heterocycles. The van der Waals surface area contributed by atoms with Gasteiger partial charge in [-0.1, -0.05) is 30.3 Å². The van der Waals surface area contributed by atoms with Gasteiger partial charge in [0.25, 0.3) is 0 Å². The van der Waals surface area contributed by atoms with Gasteiger partial charge in [-0.3, -0.25) is 9.59 Å². The van der Waals surface area contributed by atoms with E-state index in [1.165, 1.54) is 19.1 Å². The zero-order chi connectivity index (χ0) is 24.0. The number of hydrogen-bond donors (Lipinski definition) is 8. The largest absolute Gasteiger partial charge is 0.508 e. The van der Waals surface area contributed by atoms with E-state index in [2.05, 4.69) is 11.1 Å². The third kappa shape index (κ3) is 12.5. The zero-order valence-electron chi connectivity index (χ0n) is 16.8. The number of phenolic OH excluding ortho intramolecular Hbond substituents is 1. The zero-order valence-corrected chi connectivity index (χ0v) is 16.8. The average molecular weight is 437 g/mol. The highest BCUT2D eigenvalue weighted by Gasteiger charge is 2.29. The Kier molecular flexibility index (Phi) is 11.9. The van der Waals surface area contributed by atoms with Gasteiger partial charge < -0.3 is 42.3 Å². The van der Waals surface area contributed by atoms with Crippen LogP contribution >= 0.6 is 0 Å². The molecule has 2 aromatic rings. The fraction of sp³-hybridized carbons (Fsp3) is 0.250. The molecular formula is C20H27N3O8. The number of aromatic hydroxyl groups is 1. The molecule has 2 atom stereocenters. The van der Waals surface area contributed by atoms with Crippen molar-refractivity contribution in [1.29, 1.82) is 0 Å². The van der Waals surface area contributed by atoms with Crippen LogP contribution in [0.5, 0.6) is 5.75 Å². The highest BCUT2D eigenvalue weighted by Crippen LogP contribution is 2.12. The molecule has 0 heterocycles. The van der Waals surface area contributed by atoms with Crippen LogP contribution in [0.2, 0.25) is 0 Å². The van der Waals surface area contributed by atoms with Gasteiger partial charge >= 0.3 is 17.9 Å². The Morgan fingerprint density at radius 1 is 1.00 bits per heavy atom. The van der Waals surface area contributed by atoms with Crippen molar-refractivity contribution in [3.8, 4) is 5.75 Å². The summed E-state index contributed by atoms with van der Waals surface area (Å²) in [6.07, 6.45) is 0.273. The van der Waals surface area contributed by atoms with Crippen LogP contribution in [0.4, 0.5) is 5.69 Å². The summed E-state index contributed by atoms with van der Waals surface area (Å²) in [5.41, 5.74) is 9.33. The van der Waals surface area contributed by atoms with Gasteiger partial charge in [0.05, 0.1) is 6.54 Å². The first-order valence-corrected chi connectivity index (χ1v) is 8.86. The first kappa shape index (κ1) is 27.3. The minimum Gasteiger partial charge on any atom is -0.508 e. The SMILES string of the molecule is CC(O)(Nc1ccccc1)C(=O)O.NC(Cc1ccc(O)cc1)C(=O)O.NCC(=O)O. The molecule has 0 aliphatic heterocycles. The van der Waals surface area contributed by atoms with Crippen molar-refractivity contribution in [2.45, 2.75) is 25.1 Å². The fourth-order valence-electron chi connectivity index (χ4n) is 1.83. The van der Waals surface area contributed by atoms with Gasteiger partial charge in [-0.15, -0.1) is 0 Å². The summed E-state index contributed by atoms with van der Waals surface area (Å²) in [7, 11) is 0. The van der Waals surface area contributed by atoms with Crippen LogP contribution < -0.4 is 16.8 Å². The molecule has 2 rings (SSSR count). The highest BCUT2D eigenvalue weighted by atomic mass is 16.4. The molecule has 0 aliphatic rings. The van der Waals surface area contributed by atoms with E-state index in [0.717, 1.165) is 5.56 Å². The predicted octanol–water partition coefficient (Wildman–Crippen LogP) is 0.268. The van der Waals surface area contributed by atoms with E-state index in [1.807, 2.05) is 0 Å². The van der Waals surface area contributed by atoms with Crippen molar-refractivity contribution in [2.24, 2.45) is 11.5 Å². The minimum absolute atomic E-state index is 0.160. The number of para-hydroxylation sites is 1. The quantitative estimate of drug-likeness (QED) is 0.275. The first-order valence-electron chi connectivity index (χ1n) is 8.86. The van der Waals surface area contributed by atoms with E-state index in [-0.39, 0.29) is 18.7 Å². The summed E-state index contributed by atoms with van der Waals surface area (Å²) in [4.78, 5) is 30.2. The number of nitrogens with one attached hydrogen (secondary N) is 1. The third-order valence-corrected chi connectivity index (χ3v) is 3.46. The van der Waals surface area contributed by atoms with Crippen molar-refractivity contribution >= 4 is 23.6 Å². The van der Waals surface area contributed by atoms with Crippen LogP contribution in [0.1, 0.15) is 12.5 Å².